The predicted molar refractivity (Wildman–Crippen MR) is 67.0 cm³/mol. The highest BCUT2D eigenvalue weighted by Gasteiger charge is 2.51. The Morgan fingerprint density at radius 3 is 3.11 bits per heavy atom. The van der Waals surface area contributed by atoms with Crippen molar-refractivity contribution in [1.29, 1.82) is 0 Å². The number of hydrogen-bond donors (Lipinski definition) is 2. The van der Waals surface area contributed by atoms with Gasteiger partial charge in [0.1, 0.15) is 5.75 Å². The van der Waals surface area contributed by atoms with Crippen molar-refractivity contribution in [2.45, 2.75) is 18.3 Å². The van der Waals surface area contributed by atoms with Gasteiger partial charge in [0.05, 0.1) is 13.0 Å². The quantitative estimate of drug-likeness (QED) is 0.824. The SMILES string of the molecule is COc1ccc2c(c1)C1(CC2)CNCC1C(=O)O. The van der Waals surface area contributed by atoms with Gasteiger partial charge in [-0.05, 0) is 36.1 Å². The molecule has 18 heavy (non-hydrogen) atoms. The number of nitrogens with one attached hydrogen (secondary N) is 1. The maximum Gasteiger partial charge on any atom is 0.308 e. The maximum absolute atomic E-state index is 11.5. The molecule has 1 saturated heterocycles. The third kappa shape index (κ3) is 1.45. The van der Waals surface area contributed by atoms with Crippen LogP contribution in [0.25, 0.3) is 0 Å². The normalized spacial score (nSPS) is 29.5. The number of rotatable bonds is 2. The van der Waals surface area contributed by atoms with Gasteiger partial charge in [0.2, 0.25) is 0 Å². The Bertz CT molecular complexity index is 500. The number of aryl methyl sites for hydroxylation is 1. The van der Waals surface area contributed by atoms with Crippen molar-refractivity contribution < 1.29 is 14.6 Å². The summed E-state index contributed by atoms with van der Waals surface area (Å²) in [4.78, 5) is 11.5. The van der Waals surface area contributed by atoms with E-state index < -0.39 is 5.97 Å². The first-order valence-corrected chi connectivity index (χ1v) is 6.28. The number of ether oxygens (including phenoxy) is 1. The molecule has 3 rings (SSSR count). The van der Waals surface area contributed by atoms with Crippen molar-refractivity contribution in [3.8, 4) is 5.75 Å². The Hall–Kier alpha value is -1.55. The zero-order chi connectivity index (χ0) is 12.8. The molecule has 4 heteroatoms. The molecule has 4 nitrogen and oxygen atoms in total. The van der Waals surface area contributed by atoms with E-state index in [1.165, 1.54) is 11.1 Å². The summed E-state index contributed by atoms with van der Waals surface area (Å²) in [7, 11) is 1.64. The molecule has 0 saturated carbocycles. The fourth-order valence-corrected chi connectivity index (χ4v) is 3.48. The minimum Gasteiger partial charge on any atom is -0.497 e. The van der Waals surface area contributed by atoms with Crippen LogP contribution in [0.3, 0.4) is 0 Å². The molecule has 1 fully saturated rings. The molecule has 0 radical (unpaired) electrons. The molecule has 1 spiro atoms. The predicted octanol–water partition coefficient (Wildman–Crippen LogP) is 1.18. The monoisotopic (exact) mass is 247 g/mol. The number of carboxylic acid groups (broad SMARTS) is 1. The largest absolute Gasteiger partial charge is 0.497 e. The molecule has 1 aromatic rings. The van der Waals surface area contributed by atoms with Crippen LogP contribution in [0.5, 0.6) is 5.75 Å². The van der Waals surface area contributed by atoms with Crippen molar-refractivity contribution >= 4 is 5.97 Å². The molecule has 1 aliphatic heterocycles. The van der Waals surface area contributed by atoms with Crippen LogP contribution >= 0.6 is 0 Å². The van der Waals surface area contributed by atoms with Gasteiger partial charge in [0, 0.05) is 18.5 Å². The molecular formula is C14H17NO3. The van der Waals surface area contributed by atoms with Crippen LogP contribution in [-0.2, 0) is 16.6 Å². The number of fused-ring (bicyclic) bond motifs is 2. The van der Waals surface area contributed by atoms with E-state index >= 15 is 0 Å². The molecule has 1 heterocycles. The Labute approximate surface area is 106 Å². The van der Waals surface area contributed by atoms with E-state index in [9.17, 15) is 9.90 Å². The first-order chi connectivity index (χ1) is 8.67. The minimum atomic E-state index is -0.698. The number of benzene rings is 1. The van der Waals surface area contributed by atoms with Gasteiger partial charge in [-0.1, -0.05) is 6.07 Å². The van der Waals surface area contributed by atoms with E-state index in [1.54, 1.807) is 7.11 Å². The average Bonchev–Trinajstić information content (AvgIpc) is 2.96. The van der Waals surface area contributed by atoms with Crippen LogP contribution in [0.1, 0.15) is 17.5 Å². The van der Waals surface area contributed by atoms with Crippen LogP contribution in [0, 0.1) is 5.92 Å². The second-order valence-corrected chi connectivity index (χ2v) is 5.20. The molecule has 96 valence electrons. The summed E-state index contributed by atoms with van der Waals surface area (Å²) in [6.45, 7) is 1.32. The molecule has 0 amide bonds. The molecule has 0 bridgehead atoms. The molecule has 1 aliphatic carbocycles. The lowest BCUT2D eigenvalue weighted by molar-refractivity contribution is -0.143. The second kappa shape index (κ2) is 3.99. The molecule has 2 N–H and O–H groups in total. The summed E-state index contributed by atoms with van der Waals surface area (Å²) in [6.07, 6.45) is 1.88. The van der Waals surface area contributed by atoms with Crippen LogP contribution in [0.4, 0.5) is 0 Å². The van der Waals surface area contributed by atoms with Crippen molar-refractivity contribution in [2.75, 3.05) is 20.2 Å². The van der Waals surface area contributed by atoms with Crippen LogP contribution in [0.2, 0.25) is 0 Å². The highest BCUT2D eigenvalue weighted by Crippen LogP contribution is 2.47. The van der Waals surface area contributed by atoms with Gasteiger partial charge in [-0.2, -0.15) is 0 Å². The molecule has 2 aliphatic rings. The third-order valence-electron chi connectivity index (χ3n) is 4.45. The van der Waals surface area contributed by atoms with Gasteiger partial charge in [-0.15, -0.1) is 0 Å². The summed E-state index contributed by atoms with van der Waals surface area (Å²) >= 11 is 0. The minimum absolute atomic E-state index is 0.240. The fraction of sp³-hybridized carbons (Fsp3) is 0.500. The van der Waals surface area contributed by atoms with E-state index in [0.29, 0.717) is 6.54 Å². The summed E-state index contributed by atoms with van der Waals surface area (Å²) in [5.41, 5.74) is 2.19. The van der Waals surface area contributed by atoms with Gasteiger partial charge in [-0.25, -0.2) is 0 Å². The van der Waals surface area contributed by atoms with E-state index in [-0.39, 0.29) is 11.3 Å². The number of carboxylic acids is 1. The van der Waals surface area contributed by atoms with Gasteiger partial charge in [0.15, 0.2) is 0 Å². The summed E-state index contributed by atoms with van der Waals surface area (Å²) in [6, 6.07) is 6.04. The van der Waals surface area contributed by atoms with Crippen molar-refractivity contribution in [1.82, 2.24) is 5.32 Å². The standard InChI is InChI=1S/C14H17NO3/c1-18-10-3-2-9-4-5-14(11(9)6-10)8-15-7-12(14)13(16)17/h2-3,6,12,15H,4-5,7-8H2,1H3,(H,16,17). The second-order valence-electron chi connectivity index (χ2n) is 5.20. The fourth-order valence-electron chi connectivity index (χ4n) is 3.48. The molecule has 0 aromatic heterocycles. The van der Waals surface area contributed by atoms with Crippen LogP contribution < -0.4 is 10.1 Å². The number of aliphatic carboxylic acids is 1. The number of methoxy groups -OCH3 is 1. The molecular weight excluding hydrogens is 230 g/mol. The van der Waals surface area contributed by atoms with Gasteiger partial charge in [0.25, 0.3) is 0 Å². The van der Waals surface area contributed by atoms with E-state index in [0.717, 1.165) is 25.1 Å². The van der Waals surface area contributed by atoms with E-state index in [4.69, 9.17) is 4.74 Å². The molecule has 1 aromatic carbocycles. The van der Waals surface area contributed by atoms with Crippen molar-refractivity contribution in [2.24, 2.45) is 5.92 Å². The zero-order valence-electron chi connectivity index (χ0n) is 10.4. The molecule has 2 atom stereocenters. The lowest BCUT2D eigenvalue weighted by atomic mass is 9.73. The Morgan fingerprint density at radius 2 is 2.39 bits per heavy atom. The highest BCUT2D eigenvalue weighted by atomic mass is 16.5. The van der Waals surface area contributed by atoms with Gasteiger partial charge in [-0.3, -0.25) is 4.79 Å². The van der Waals surface area contributed by atoms with Crippen molar-refractivity contribution in [3.63, 3.8) is 0 Å². The first-order valence-electron chi connectivity index (χ1n) is 6.28. The Balaban J connectivity index is 2.09. The van der Waals surface area contributed by atoms with Crippen LogP contribution in [-0.4, -0.2) is 31.3 Å². The third-order valence-corrected chi connectivity index (χ3v) is 4.45. The first kappa shape index (κ1) is 11.5. The van der Waals surface area contributed by atoms with E-state index in [1.807, 2.05) is 12.1 Å². The summed E-state index contributed by atoms with van der Waals surface area (Å²) < 4.78 is 5.27. The highest BCUT2D eigenvalue weighted by molar-refractivity contribution is 5.74. The lowest BCUT2D eigenvalue weighted by Crippen LogP contribution is -2.37. The van der Waals surface area contributed by atoms with Gasteiger partial charge >= 0.3 is 5.97 Å². The number of carbonyl (C=O) groups is 1. The Morgan fingerprint density at radius 1 is 1.56 bits per heavy atom. The smallest absolute Gasteiger partial charge is 0.308 e. The lowest BCUT2D eigenvalue weighted by Gasteiger charge is -2.29. The topological polar surface area (TPSA) is 58.6 Å². The van der Waals surface area contributed by atoms with Gasteiger partial charge < -0.3 is 15.2 Å². The Kier molecular flexibility index (Phi) is 2.55. The zero-order valence-corrected chi connectivity index (χ0v) is 10.4. The average molecular weight is 247 g/mol. The summed E-state index contributed by atoms with van der Waals surface area (Å²) in [5.74, 6) is -0.215. The van der Waals surface area contributed by atoms with E-state index in [2.05, 4.69) is 11.4 Å². The summed E-state index contributed by atoms with van der Waals surface area (Å²) in [5, 5.41) is 12.7. The van der Waals surface area contributed by atoms with Crippen LogP contribution in [0.15, 0.2) is 18.2 Å². The molecule has 2 unspecified atom stereocenters. The maximum atomic E-state index is 11.5. The van der Waals surface area contributed by atoms with Crippen molar-refractivity contribution in [3.05, 3.63) is 29.3 Å². The number of hydrogen-bond acceptors (Lipinski definition) is 3.